The number of benzene rings is 1. The van der Waals surface area contributed by atoms with E-state index in [9.17, 15) is 15.0 Å². The SMILES string of the molecule is CCC(CCO)n1c(C2CC2)nc2cccc(C(=O)O)c21. The molecule has 21 heavy (non-hydrogen) atoms. The number of aromatic carboxylic acids is 1. The van der Waals surface area contributed by atoms with Gasteiger partial charge in [0.2, 0.25) is 0 Å². The first-order valence-corrected chi connectivity index (χ1v) is 7.52. The number of para-hydroxylation sites is 1. The Morgan fingerprint density at radius 3 is 2.81 bits per heavy atom. The molecule has 0 spiro atoms. The van der Waals surface area contributed by atoms with E-state index in [1.165, 1.54) is 0 Å². The number of aliphatic hydroxyl groups excluding tert-OH is 1. The Morgan fingerprint density at radius 2 is 2.24 bits per heavy atom. The number of carbonyl (C=O) groups is 1. The molecule has 2 aromatic rings. The summed E-state index contributed by atoms with van der Waals surface area (Å²) in [7, 11) is 0. The first-order valence-electron chi connectivity index (χ1n) is 7.52. The molecule has 0 bridgehead atoms. The van der Waals surface area contributed by atoms with Crippen LogP contribution in [-0.2, 0) is 0 Å². The lowest BCUT2D eigenvalue weighted by atomic mass is 10.1. The van der Waals surface area contributed by atoms with Gasteiger partial charge in [-0.05, 0) is 37.8 Å². The second-order valence-corrected chi connectivity index (χ2v) is 5.67. The molecule has 5 heteroatoms. The maximum absolute atomic E-state index is 11.5. The third-order valence-corrected chi connectivity index (χ3v) is 4.21. The van der Waals surface area contributed by atoms with Gasteiger partial charge in [0.15, 0.2) is 0 Å². The normalized spacial score (nSPS) is 16.3. The van der Waals surface area contributed by atoms with Crippen molar-refractivity contribution >= 4 is 17.0 Å². The third-order valence-electron chi connectivity index (χ3n) is 4.21. The first kappa shape index (κ1) is 14.1. The number of hydrogen-bond donors (Lipinski definition) is 2. The largest absolute Gasteiger partial charge is 0.478 e. The summed E-state index contributed by atoms with van der Waals surface area (Å²) < 4.78 is 2.08. The highest BCUT2D eigenvalue weighted by molar-refractivity contribution is 6.01. The molecule has 0 saturated heterocycles. The molecule has 2 N–H and O–H groups in total. The van der Waals surface area contributed by atoms with E-state index in [1.807, 2.05) is 6.07 Å². The number of aliphatic hydroxyl groups is 1. The van der Waals surface area contributed by atoms with Crippen LogP contribution in [0.25, 0.3) is 11.0 Å². The van der Waals surface area contributed by atoms with E-state index in [2.05, 4.69) is 16.5 Å². The topological polar surface area (TPSA) is 75.3 Å². The molecule has 1 aromatic carbocycles. The van der Waals surface area contributed by atoms with Gasteiger partial charge in [0.05, 0.1) is 16.6 Å². The zero-order chi connectivity index (χ0) is 15.0. The van der Waals surface area contributed by atoms with Crippen molar-refractivity contribution in [2.75, 3.05) is 6.61 Å². The Balaban J connectivity index is 2.26. The predicted molar refractivity (Wildman–Crippen MR) is 79.7 cm³/mol. The maximum Gasteiger partial charge on any atom is 0.337 e. The van der Waals surface area contributed by atoms with Crippen LogP contribution in [0.2, 0.25) is 0 Å². The van der Waals surface area contributed by atoms with Gasteiger partial charge in [0.1, 0.15) is 5.82 Å². The molecular weight excluding hydrogens is 268 g/mol. The minimum Gasteiger partial charge on any atom is -0.478 e. The van der Waals surface area contributed by atoms with E-state index >= 15 is 0 Å². The standard InChI is InChI=1S/C16H20N2O3/c1-2-11(8-9-19)18-14-12(16(20)21)4-3-5-13(14)17-15(18)10-6-7-10/h3-5,10-11,19H,2,6-9H2,1H3,(H,20,21). The average molecular weight is 288 g/mol. The molecule has 1 aliphatic carbocycles. The van der Waals surface area contributed by atoms with Gasteiger partial charge < -0.3 is 14.8 Å². The molecule has 0 amide bonds. The fourth-order valence-electron chi connectivity index (χ4n) is 3.00. The fraction of sp³-hybridized carbons (Fsp3) is 0.500. The van der Waals surface area contributed by atoms with Gasteiger partial charge in [-0.25, -0.2) is 9.78 Å². The second kappa shape index (κ2) is 5.48. The number of rotatable bonds is 6. The van der Waals surface area contributed by atoms with Crippen LogP contribution in [-0.4, -0.2) is 32.3 Å². The smallest absolute Gasteiger partial charge is 0.337 e. The van der Waals surface area contributed by atoms with E-state index < -0.39 is 5.97 Å². The Morgan fingerprint density at radius 1 is 1.48 bits per heavy atom. The third kappa shape index (κ3) is 2.42. The summed E-state index contributed by atoms with van der Waals surface area (Å²) in [5.74, 6) is 0.494. The molecule has 1 atom stereocenters. The van der Waals surface area contributed by atoms with Crippen molar-refractivity contribution < 1.29 is 15.0 Å². The number of carboxylic acid groups (broad SMARTS) is 1. The quantitative estimate of drug-likeness (QED) is 0.857. The van der Waals surface area contributed by atoms with Crippen molar-refractivity contribution in [3.8, 4) is 0 Å². The minimum atomic E-state index is -0.928. The molecule has 1 aliphatic rings. The Labute approximate surface area is 123 Å². The number of imidazole rings is 1. The van der Waals surface area contributed by atoms with Crippen molar-refractivity contribution in [1.29, 1.82) is 0 Å². The highest BCUT2D eigenvalue weighted by Gasteiger charge is 2.32. The van der Waals surface area contributed by atoms with Crippen molar-refractivity contribution in [2.24, 2.45) is 0 Å². The van der Waals surface area contributed by atoms with Gasteiger partial charge in [-0.15, -0.1) is 0 Å². The molecule has 1 unspecified atom stereocenters. The zero-order valence-corrected chi connectivity index (χ0v) is 12.1. The van der Waals surface area contributed by atoms with Crippen LogP contribution in [0.3, 0.4) is 0 Å². The van der Waals surface area contributed by atoms with Crippen molar-refractivity contribution in [3.63, 3.8) is 0 Å². The van der Waals surface area contributed by atoms with Gasteiger partial charge in [-0.2, -0.15) is 0 Å². The fourth-order valence-corrected chi connectivity index (χ4v) is 3.00. The van der Waals surface area contributed by atoms with Gasteiger partial charge in [-0.3, -0.25) is 0 Å². The number of nitrogens with zero attached hydrogens (tertiary/aromatic N) is 2. The Hall–Kier alpha value is -1.88. The molecule has 5 nitrogen and oxygen atoms in total. The van der Waals surface area contributed by atoms with Crippen LogP contribution >= 0.6 is 0 Å². The summed E-state index contributed by atoms with van der Waals surface area (Å²) in [4.78, 5) is 16.2. The Kier molecular flexibility index (Phi) is 3.68. The molecule has 0 aliphatic heterocycles. The van der Waals surface area contributed by atoms with Crippen LogP contribution in [0.5, 0.6) is 0 Å². The van der Waals surface area contributed by atoms with Crippen molar-refractivity contribution in [1.82, 2.24) is 9.55 Å². The summed E-state index contributed by atoms with van der Waals surface area (Å²) in [6, 6.07) is 5.34. The van der Waals surface area contributed by atoms with Crippen LogP contribution in [0, 0.1) is 0 Å². The minimum absolute atomic E-state index is 0.0936. The zero-order valence-electron chi connectivity index (χ0n) is 12.1. The van der Waals surface area contributed by atoms with Crippen molar-refractivity contribution in [2.45, 2.75) is 44.6 Å². The lowest BCUT2D eigenvalue weighted by Gasteiger charge is -2.20. The molecule has 3 rings (SSSR count). The number of fused-ring (bicyclic) bond motifs is 1. The molecule has 1 aromatic heterocycles. The van der Waals surface area contributed by atoms with Crippen LogP contribution in [0.15, 0.2) is 18.2 Å². The highest BCUT2D eigenvalue weighted by atomic mass is 16.4. The van der Waals surface area contributed by atoms with E-state index in [0.29, 0.717) is 23.4 Å². The summed E-state index contributed by atoms with van der Waals surface area (Å²) >= 11 is 0. The maximum atomic E-state index is 11.5. The summed E-state index contributed by atoms with van der Waals surface area (Å²) in [5.41, 5.74) is 1.74. The van der Waals surface area contributed by atoms with E-state index in [0.717, 1.165) is 30.6 Å². The molecule has 1 saturated carbocycles. The molecule has 1 heterocycles. The molecule has 0 radical (unpaired) electrons. The molecular formula is C16H20N2O3. The second-order valence-electron chi connectivity index (χ2n) is 5.67. The Bertz CT molecular complexity index is 673. The van der Waals surface area contributed by atoms with Crippen LogP contribution in [0.1, 0.15) is 60.7 Å². The summed E-state index contributed by atoms with van der Waals surface area (Å²) in [6.45, 7) is 2.16. The van der Waals surface area contributed by atoms with Gasteiger partial charge >= 0.3 is 5.97 Å². The number of hydrogen-bond acceptors (Lipinski definition) is 3. The lowest BCUT2D eigenvalue weighted by molar-refractivity contribution is 0.0698. The van der Waals surface area contributed by atoms with E-state index in [1.54, 1.807) is 12.1 Å². The molecule has 1 fully saturated rings. The van der Waals surface area contributed by atoms with E-state index in [4.69, 9.17) is 0 Å². The van der Waals surface area contributed by atoms with Gasteiger partial charge in [-0.1, -0.05) is 13.0 Å². The number of carboxylic acids is 1. The highest BCUT2D eigenvalue weighted by Crippen LogP contribution is 2.43. The van der Waals surface area contributed by atoms with Gasteiger partial charge in [0, 0.05) is 18.6 Å². The summed E-state index contributed by atoms with van der Waals surface area (Å²) in [6.07, 6.45) is 3.69. The average Bonchev–Trinajstić information content (AvgIpc) is 3.25. The van der Waals surface area contributed by atoms with E-state index in [-0.39, 0.29) is 12.6 Å². The van der Waals surface area contributed by atoms with Crippen molar-refractivity contribution in [3.05, 3.63) is 29.6 Å². The van der Waals surface area contributed by atoms with Crippen LogP contribution < -0.4 is 0 Å². The van der Waals surface area contributed by atoms with Crippen LogP contribution in [0.4, 0.5) is 0 Å². The molecule has 112 valence electrons. The number of aromatic nitrogens is 2. The monoisotopic (exact) mass is 288 g/mol. The first-order chi connectivity index (χ1) is 10.2. The predicted octanol–water partition coefficient (Wildman–Crippen LogP) is 2.95. The lowest BCUT2D eigenvalue weighted by Crippen LogP contribution is -2.14. The van der Waals surface area contributed by atoms with Gasteiger partial charge in [0.25, 0.3) is 0 Å². The summed E-state index contributed by atoms with van der Waals surface area (Å²) in [5, 5.41) is 18.8.